The van der Waals surface area contributed by atoms with Crippen molar-refractivity contribution in [1.82, 2.24) is 0 Å². The summed E-state index contributed by atoms with van der Waals surface area (Å²) in [6.45, 7) is 0.926. The molecule has 1 heterocycles. The molecule has 0 N–H and O–H groups in total. The average Bonchev–Trinajstić information content (AvgIpc) is 2.38. The predicted molar refractivity (Wildman–Crippen MR) is 75.6 cm³/mol. The highest BCUT2D eigenvalue weighted by Gasteiger charge is 2.16. The van der Waals surface area contributed by atoms with Crippen LogP contribution < -0.4 is 0 Å². The van der Waals surface area contributed by atoms with E-state index in [1.54, 1.807) is 0 Å². The van der Waals surface area contributed by atoms with Gasteiger partial charge >= 0.3 is 0 Å². The molecule has 1 saturated heterocycles. The van der Waals surface area contributed by atoms with Crippen molar-refractivity contribution >= 4 is 27.5 Å². The zero-order chi connectivity index (χ0) is 12.1. The van der Waals surface area contributed by atoms with Crippen LogP contribution in [0.3, 0.4) is 0 Å². The maximum Gasteiger partial charge on any atom is 0.0586 e. The maximum absolute atomic E-state index is 6.41. The van der Waals surface area contributed by atoms with Crippen LogP contribution in [0, 0.1) is 0 Å². The van der Waals surface area contributed by atoms with Gasteiger partial charge in [-0.3, -0.25) is 0 Å². The molecule has 1 fully saturated rings. The average molecular weight is 318 g/mol. The van der Waals surface area contributed by atoms with E-state index >= 15 is 0 Å². The maximum atomic E-state index is 6.41. The fraction of sp³-hybridized carbons (Fsp3) is 0.571. The lowest BCUT2D eigenvalue weighted by Crippen LogP contribution is -2.19. The number of hydrogen-bond acceptors (Lipinski definition) is 1. The second kappa shape index (κ2) is 6.77. The van der Waals surface area contributed by atoms with Crippen molar-refractivity contribution in [2.75, 3.05) is 6.61 Å². The minimum absolute atomic E-state index is 0.105. The van der Waals surface area contributed by atoms with Crippen LogP contribution in [-0.2, 0) is 4.74 Å². The molecule has 2 rings (SSSR count). The zero-order valence-electron chi connectivity index (χ0n) is 9.87. The number of rotatable bonds is 4. The topological polar surface area (TPSA) is 9.23 Å². The molecule has 1 aromatic rings. The lowest BCUT2D eigenvalue weighted by molar-refractivity contribution is 0.0100. The molecule has 17 heavy (non-hydrogen) atoms. The lowest BCUT2D eigenvalue weighted by Gasteiger charge is -2.23. The van der Waals surface area contributed by atoms with Crippen LogP contribution >= 0.6 is 27.5 Å². The molecule has 2 unspecified atom stereocenters. The highest BCUT2D eigenvalue weighted by atomic mass is 79.9. The van der Waals surface area contributed by atoms with Gasteiger partial charge in [0.1, 0.15) is 0 Å². The van der Waals surface area contributed by atoms with E-state index in [1.807, 2.05) is 12.1 Å². The summed E-state index contributed by atoms with van der Waals surface area (Å²) >= 11 is 9.84. The fourth-order valence-corrected chi connectivity index (χ4v) is 2.74. The molecule has 0 bridgehead atoms. The fourth-order valence-electron chi connectivity index (χ4n) is 2.21. The predicted octanol–water partition coefficient (Wildman–Crippen LogP) is 5.08. The van der Waals surface area contributed by atoms with Gasteiger partial charge in [0.2, 0.25) is 0 Å². The first-order valence-electron chi connectivity index (χ1n) is 6.27. The Hall–Kier alpha value is -0.0500. The third-order valence-electron chi connectivity index (χ3n) is 3.25. The smallest absolute Gasteiger partial charge is 0.0586 e. The van der Waals surface area contributed by atoms with Gasteiger partial charge in [-0.15, -0.1) is 11.6 Å². The standard InChI is InChI=1S/C14H18BrClO/c15-12-6-4-11(5-7-12)14(16)9-8-13-3-1-2-10-17-13/h4-7,13-14H,1-3,8-10H2. The number of hydrogen-bond donors (Lipinski definition) is 0. The molecule has 0 spiro atoms. The number of alkyl halides is 1. The van der Waals surface area contributed by atoms with Gasteiger partial charge in [-0.25, -0.2) is 0 Å². The number of halogens is 2. The van der Waals surface area contributed by atoms with Crippen LogP contribution in [0.15, 0.2) is 28.7 Å². The molecule has 0 aliphatic carbocycles. The van der Waals surface area contributed by atoms with Crippen LogP contribution in [0.5, 0.6) is 0 Å². The summed E-state index contributed by atoms with van der Waals surface area (Å²) in [5.41, 5.74) is 1.20. The van der Waals surface area contributed by atoms with Gasteiger partial charge in [-0.1, -0.05) is 28.1 Å². The Kier molecular flexibility index (Phi) is 5.33. The molecule has 0 radical (unpaired) electrons. The van der Waals surface area contributed by atoms with Crippen molar-refractivity contribution in [1.29, 1.82) is 0 Å². The molecule has 2 atom stereocenters. The number of benzene rings is 1. The lowest BCUT2D eigenvalue weighted by atomic mass is 10.0. The Morgan fingerprint density at radius 1 is 1.29 bits per heavy atom. The van der Waals surface area contributed by atoms with E-state index in [4.69, 9.17) is 16.3 Å². The van der Waals surface area contributed by atoms with Gasteiger partial charge in [-0.2, -0.15) is 0 Å². The summed E-state index contributed by atoms with van der Waals surface area (Å²) < 4.78 is 6.82. The Bertz CT molecular complexity index is 333. The third-order valence-corrected chi connectivity index (χ3v) is 4.25. The Balaban J connectivity index is 1.80. The first-order chi connectivity index (χ1) is 8.25. The van der Waals surface area contributed by atoms with Crippen molar-refractivity contribution in [2.45, 2.75) is 43.6 Å². The van der Waals surface area contributed by atoms with Crippen LogP contribution in [0.1, 0.15) is 43.0 Å². The normalized spacial score (nSPS) is 22.4. The highest BCUT2D eigenvalue weighted by Crippen LogP contribution is 2.29. The van der Waals surface area contributed by atoms with Gasteiger partial charge in [0, 0.05) is 11.1 Å². The Labute approximate surface area is 117 Å². The Morgan fingerprint density at radius 2 is 2.06 bits per heavy atom. The first kappa shape index (κ1) is 13.4. The van der Waals surface area contributed by atoms with E-state index in [2.05, 4.69) is 28.1 Å². The summed E-state index contributed by atoms with van der Waals surface area (Å²) in [4.78, 5) is 0. The van der Waals surface area contributed by atoms with E-state index in [1.165, 1.54) is 24.8 Å². The van der Waals surface area contributed by atoms with E-state index in [0.29, 0.717) is 6.10 Å². The molecule has 1 aliphatic rings. The van der Waals surface area contributed by atoms with Crippen LogP contribution in [0.25, 0.3) is 0 Å². The minimum atomic E-state index is 0.105. The van der Waals surface area contributed by atoms with E-state index < -0.39 is 0 Å². The van der Waals surface area contributed by atoms with Gasteiger partial charge in [0.25, 0.3) is 0 Å². The molecular formula is C14H18BrClO. The monoisotopic (exact) mass is 316 g/mol. The van der Waals surface area contributed by atoms with E-state index in [9.17, 15) is 0 Å². The van der Waals surface area contributed by atoms with Gasteiger partial charge in [-0.05, 0) is 49.8 Å². The zero-order valence-corrected chi connectivity index (χ0v) is 12.2. The van der Waals surface area contributed by atoms with Crippen LogP contribution in [-0.4, -0.2) is 12.7 Å². The Morgan fingerprint density at radius 3 is 2.71 bits per heavy atom. The summed E-state index contributed by atoms with van der Waals surface area (Å²) in [6, 6.07) is 8.26. The van der Waals surface area contributed by atoms with Crippen molar-refractivity contribution < 1.29 is 4.74 Å². The molecule has 94 valence electrons. The van der Waals surface area contributed by atoms with Crippen LogP contribution in [0.2, 0.25) is 0 Å². The summed E-state index contributed by atoms with van der Waals surface area (Å²) in [5.74, 6) is 0. The minimum Gasteiger partial charge on any atom is -0.378 e. The largest absolute Gasteiger partial charge is 0.378 e. The molecule has 0 saturated carbocycles. The molecule has 0 aromatic heterocycles. The third kappa shape index (κ3) is 4.27. The quantitative estimate of drug-likeness (QED) is 0.704. The summed E-state index contributed by atoms with van der Waals surface area (Å²) in [7, 11) is 0. The van der Waals surface area contributed by atoms with E-state index in [0.717, 1.165) is 23.9 Å². The van der Waals surface area contributed by atoms with Crippen molar-refractivity contribution in [3.05, 3.63) is 34.3 Å². The summed E-state index contributed by atoms with van der Waals surface area (Å²) in [5, 5.41) is 0.105. The number of ether oxygens (including phenoxy) is 1. The van der Waals surface area contributed by atoms with Gasteiger partial charge < -0.3 is 4.74 Å². The SMILES string of the molecule is ClC(CCC1CCCCO1)c1ccc(Br)cc1. The molecule has 1 aliphatic heterocycles. The second-order valence-corrected chi connectivity index (χ2v) is 6.03. The highest BCUT2D eigenvalue weighted by molar-refractivity contribution is 9.10. The first-order valence-corrected chi connectivity index (χ1v) is 7.50. The van der Waals surface area contributed by atoms with E-state index in [-0.39, 0.29) is 5.38 Å². The summed E-state index contributed by atoms with van der Waals surface area (Å²) in [6.07, 6.45) is 6.21. The van der Waals surface area contributed by atoms with Gasteiger partial charge in [0.05, 0.1) is 11.5 Å². The molecule has 0 amide bonds. The molecule has 3 heteroatoms. The van der Waals surface area contributed by atoms with Crippen LogP contribution in [0.4, 0.5) is 0 Å². The van der Waals surface area contributed by atoms with Crippen molar-refractivity contribution in [3.63, 3.8) is 0 Å². The molecular weight excluding hydrogens is 300 g/mol. The van der Waals surface area contributed by atoms with Crippen molar-refractivity contribution in [3.8, 4) is 0 Å². The molecule has 1 nitrogen and oxygen atoms in total. The molecule has 1 aromatic carbocycles. The van der Waals surface area contributed by atoms with Crippen molar-refractivity contribution in [2.24, 2.45) is 0 Å². The van der Waals surface area contributed by atoms with Gasteiger partial charge in [0.15, 0.2) is 0 Å². The second-order valence-electron chi connectivity index (χ2n) is 4.59.